The van der Waals surface area contributed by atoms with Crippen molar-refractivity contribution >= 4 is 35.1 Å². The highest BCUT2D eigenvalue weighted by molar-refractivity contribution is 6.35. The van der Waals surface area contributed by atoms with E-state index in [0.717, 1.165) is 0 Å². The van der Waals surface area contributed by atoms with Gasteiger partial charge in [-0.25, -0.2) is 4.98 Å². The van der Waals surface area contributed by atoms with E-state index in [0.29, 0.717) is 13.0 Å². The van der Waals surface area contributed by atoms with Crippen molar-refractivity contribution in [2.75, 3.05) is 13.1 Å². The number of hydrogen-bond donors (Lipinski definition) is 1. The van der Waals surface area contributed by atoms with Crippen LogP contribution < -0.4 is 0 Å². The number of carbonyl (C=O) groups excluding carboxylic acids is 1. The molecule has 1 N–H and O–H groups in total. The summed E-state index contributed by atoms with van der Waals surface area (Å²) in [6, 6.07) is 1.41. The van der Waals surface area contributed by atoms with Gasteiger partial charge in [0.15, 0.2) is 0 Å². The van der Waals surface area contributed by atoms with Crippen LogP contribution in [0.15, 0.2) is 12.3 Å². The van der Waals surface area contributed by atoms with Gasteiger partial charge in [-0.15, -0.1) is 0 Å². The lowest BCUT2D eigenvalue weighted by Crippen LogP contribution is -2.40. The number of likely N-dealkylation sites (tertiary alicyclic amines) is 1. The summed E-state index contributed by atoms with van der Waals surface area (Å²) in [6.07, 6.45) is 1.75. The van der Waals surface area contributed by atoms with Crippen molar-refractivity contribution in [3.05, 3.63) is 28.0 Å². The summed E-state index contributed by atoms with van der Waals surface area (Å²) in [7, 11) is 0. The minimum absolute atomic E-state index is 0.0655. The summed E-state index contributed by atoms with van der Waals surface area (Å²) in [5.41, 5.74) is -0.652. The van der Waals surface area contributed by atoms with Gasteiger partial charge in [0.2, 0.25) is 0 Å². The zero-order valence-corrected chi connectivity index (χ0v) is 13.3. The minimum atomic E-state index is -0.904. The van der Waals surface area contributed by atoms with Crippen LogP contribution in [0.4, 0.5) is 0 Å². The Balaban J connectivity index is 2.27. The molecule has 1 aliphatic rings. The largest absolute Gasteiger partial charge is 0.481 e. The van der Waals surface area contributed by atoms with Gasteiger partial charge in [0.05, 0.1) is 16.0 Å². The van der Waals surface area contributed by atoms with Crippen LogP contribution >= 0.6 is 23.2 Å². The van der Waals surface area contributed by atoms with Gasteiger partial charge in [-0.3, -0.25) is 9.59 Å². The maximum absolute atomic E-state index is 12.5. The lowest BCUT2D eigenvalue weighted by Gasteiger charge is -2.28. The summed E-state index contributed by atoms with van der Waals surface area (Å²) < 4.78 is 0. The molecule has 114 valence electrons. The molecule has 0 bridgehead atoms. The van der Waals surface area contributed by atoms with Gasteiger partial charge in [-0.2, -0.15) is 0 Å². The Morgan fingerprint density at radius 1 is 1.43 bits per heavy atom. The molecule has 1 amide bonds. The van der Waals surface area contributed by atoms with Gasteiger partial charge >= 0.3 is 5.97 Å². The number of hydrogen-bond acceptors (Lipinski definition) is 3. The SMILES string of the molecule is CC(C)C1(C(=O)O)CCN(C(=O)c2cc(Cl)ncc2Cl)C1. The Morgan fingerprint density at radius 3 is 2.62 bits per heavy atom. The number of pyridine rings is 1. The van der Waals surface area contributed by atoms with Crippen molar-refractivity contribution in [3.8, 4) is 0 Å². The molecule has 1 aromatic rings. The average molecular weight is 331 g/mol. The van der Waals surface area contributed by atoms with E-state index >= 15 is 0 Å². The summed E-state index contributed by atoms with van der Waals surface area (Å²) in [5, 5.41) is 9.89. The van der Waals surface area contributed by atoms with E-state index in [2.05, 4.69) is 4.98 Å². The van der Waals surface area contributed by atoms with Crippen molar-refractivity contribution in [1.29, 1.82) is 0 Å². The summed E-state index contributed by atoms with van der Waals surface area (Å²) >= 11 is 11.8. The Hall–Kier alpha value is -1.33. The standard InChI is InChI=1S/C14H16Cl2N2O3/c1-8(2)14(13(20)21)3-4-18(7-14)12(19)9-5-11(16)17-6-10(9)15/h5-6,8H,3-4,7H2,1-2H3,(H,20,21). The normalized spacial score (nSPS) is 21.9. The molecule has 2 heterocycles. The van der Waals surface area contributed by atoms with E-state index in [1.165, 1.54) is 17.2 Å². The molecule has 1 atom stereocenters. The van der Waals surface area contributed by atoms with Crippen LogP contribution in [-0.2, 0) is 4.79 Å². The summed E-state index contributed by atoms with van der Waals surface area (Å²) in [6.45, 7) is 4.28. The Bertz CT molecular complexity index is 592. The van der Waals surface area contributed by atoms with E-state index in [9.17, 15) is 14.7 Å². The third kappa shape index (κ3) is 2.85. The first-order chi connectivity index (χ1) is 9.78. The fourth-order valence-corrected chi connectivity index (χ4v) is 2.99. The van der Waals surface area contributed by atoms with Gasteiger partial charge in [-0.05, 0) is 18.4 Å². The molecule has 0 radical (unpaired) electrons. The smallest absolute Gasteiger partial charge is 0.311 e. The third-order valence-corrected chi connectivity index (χ3v) is 4.68. The zero-order chi connectivity index (χ0) is 15.8. The van der Waals surface area contributed by atoms with Gasteiger partial charge < -0.3 is 10.0 Å². The number of carbonyl (C=O) groups is 2. The lowest BCUT2D eigenvalue weighted by molar-refractivity contribution is -0.150. The predicted molar refractivity (Wildman–Crippen MR) is 79.7 cm³/mol. The molecular formula is C14H16Cl2N2O3. The Kier molecular flexibility index (Phi) is 4.44. The molecular weight excluding hydrogens is 315 g/mol. The molecule has 5 nitrogen and oxygen atoms in total. The highest BCUT2D eigenvalue weighted by Gasteiger charge is 2.48. The fourth-order valence-electron chi connectivity index (χ4n) is 2.65. The topological polar surface area (TPSA) is 70.5 Å². The monoisotopic (exact) mass is 330 g/mol. The molecule has 2 rings (SSSR count). The molecule has 1 saturated heterocycles. The number of aliphatic carboxylic acids is 1. The van der Waals surface area contributed by atoms with Crippen LogP contribution in [-0.4, -0.2) is 40.0 Å². The number of halogens is 2. The van der Waals surface area contributed by atoms with Gasteiger partial charge in [0, 0.05) is 19.3 Å². The summed E-state index contributed by atoms with van der Waals surface area (Å²) in [4.78, 5) is 29.4. The highest BCUT2D eigenvalue weighted by Crippen LogP contribution is 2.39. The van der Waals surface area contributed by atoms with Crippen molar-refractivity contribution in [2.45, 2.75) is 20.3 Å². The molecule has 1 aliphatic heterocycles. The second-order valence-corrected chi connectivity index (χ2v) is 6.37. The quantitative estimate of drug-likeness (QED) is 0.865. The first-order valence-electron chi connectivity index (χ1n) is 6.61. The number of amides is 1. The Labute approximate surface area is 132 Å². The van der Waals surface area contributed by atoms with Crippen molar-refractivity contribution < 1.29 is 14.7 Å². The maximum Gasteiger partial charge on any atom is 0.311 e. The van der Waals surface area contributed by atoms with Crippen LogP contribution in [0.25, 0.3) is 0 Å². The molecule has 1 aromatic heterocycles. The first-order valence-corrected chi connectivity index (χ1v) is 7.37. The van der Waals surface area contributed by atoms with E-state index in [-0.39, 0.29) is 34.1 Å². The lowest BCUT2D eigenvalue weighted by atomic mass is 9.76. The first kappa shape index (κ1) is 16.0. The van der Waals surface area contributed by atoms with Gasteiger partial charge in [0.1, 0.15) is 5.15 Å². The van der Waals surface area contributed by atoms with E-state index in [1.807, 2.05) is 13.8 Å². The van der Waals surface area contributed by atoms with Crippen LogP contribution in [0.2, 0.25) is 10.2 Å². The maximum atomic E-state index is 12.5. The minimum Gasteiger partial charge on any atom is -0.481 e. The number of carboxylic acids is 1. The average Bonchev–Trinajstić information content (AvgIpc) is 2.87. The molecule has 7 heteroatoms. The number of rotatable bonds is 3. The molecule has 0 spiro atoms. The second-order valence-electron chi connectivity index (χ2n) is 5.58. The number of nitrogens with zero attached hydrogens (tertiary/aromatic N) is 2. The Morgan fingerprint density at radius 2 is 2.10 bits per heavy atom. The molecule has 0 aromatic carbocycles. The highest BCUT2D eigenvalue weighted by atomic mass is 35.5. The van der Waals surface area contributed by atoms with Crippen molar-refractivity contribution in [3.63, 3.8) is 0 Å². The van der Waals surface area contributed by atoms with Crippen molar-refractivity contribution in [2.24, 2.45) is 11.3 Å². The second kappa shape index (κ2) is 5.81. The number of carboxylic acid groups (broad SMARTS) is 1. The molecule has 1 unspecified atom stereocenters. The van der Waals surface area contributed by atoms with Gasteiger partial charge in [0.25, 0.3) is 5.91 Å². The third-order valence-electron chi connectivity index (χ3n) is 4.17. The zero-order valence-electron chi connectivity index (χ0n) is 11.8. The molecule has 0 saturated carbocycles. The fraction of sp³-hybridized carbons (Fsp3) is 0.500. The van der Waals surface area contributed by atoms with Crippen LogP contribution in [0.5, 0.6) is 0 Å². The number of aromatic nitrogens is 1. The van der Waals surface area contributed by atoms with Crippen LogP contribution in [0.3, 0.4) is 0 Å². The molecule has 21 heavy (non-hydrogen) atoms. The molecule has 1 fully saturated rings. The molecule has 0 aliphatic carbocycles. The van der Waals surface area contributed by atoms with Crippen LogP contribution in [0, 0.1) is 11.3 Å². The predicted octanol–water partition coefficient (Wildman–Crippen LogP) is 2.96. The van der Waals surface area contributed by atoms with E-state index < -0.39 is 11.4 Å². The van der Waals surface area contributed by atoms with Crippen molar-refractivity contribution in [1.82, 2.24) is 9.88 Å². The summed E-state index contributed by atoms with van der Waals surface area (Å²) in [5.74, 6) is -1.25. The van der Waals surface area contributed by atoms with E-state index in [4.69, 9.17) is 23.2 Å². The van der Waals surface area contributed by atoms with Crippen LogP contribution in [0.1, 0.15) is 30.6 Å². The van der Waals surface area contributed by atoms with E-state index in [1.54, 1.807) is 0 Å². The van der Waals surface area contributed by atoms with Gasteiger partial charge in [-0.1, -0.05) is 37.0 Å².